The van der Waals surface area contributed by atoms with E-state index in [2.05, 4.69) is 58.6 Å². The van der Waals surface area contributed by atoms with Crippen LogP contribution in [0.15, 0.2) is 91.3 Å². The zero-order valence-electron chi connectivity index (χ0n) is 30.2. The minimum absolute atomic E-state index is 0.0159. The number of benzene rings is 2. The molecule has 0 aliphatic carbocycles. The molecule has 0 radical (unpaired) electrons. The molecule has 0 bridgehead atoms. The van der Waals surface area contributed by atoms with Crippen LogP contribution >= 0.6 is 0 Å². The normalized spacial score (nSPS) is 15.7. The highest BCUT2D eigenvalue weighted by atomic mass is 16.2. The van der Waals surface area contributed by atoms with Crippen molar-refractivity contribution < 1.29 is 14.2 Å². The van der Waals surface area contributed by atoms with Gasteiger partial charge >= 0.3 is 0 Å². The fourth-order valence-electron chi connectivity index (χ4n) is 6.57. The Morgan fingerprint density at radius 1 is 0.900 bits per heavy atom. The molecule has 3 aromatic rings. The van der Waals surface area contributed by atoms with E-state index < -0.39 is 0 Å². The van der Waals surface area contributed by atoms with Gasteiger partial charge < -0.3 is 32.3 Å². The van der Waals surface area contributed by atoms with Crippen LogP contribution in [-0.4, -0.2) is 73.6 Å². The van der Waals surface area contributed by atoms with E-state index in [1.54, 1.807) is 6.08 Å². The van der Waals surface area contributed by atoms with E-state index in [4.69, 9.17) is 11.5 Å². The largest absolute Gasteiger partial charge is 0.350 e. The summed E-state index contributed by atoms with van der Waals surface area (Å²) in [5.74, 6) is 0.549. The number of piperidine rings is 1. The van der Waals surface area contributed by atoms with Gasteiger partial charge in [-0.3, -0.25) is 9.59 Å². The molecule has 2 amide bonds. The molecule has 1 aromatic heterocycles. The smallest absolute Gasteiger partial charge is 0.244 e. The van der Waals surface area contributed by atoms with E-state index in [9.17, 15) is 9.59 Å². The van der Waals surface area contributed by atoms with Crippen molar-refractivity contribution in [2.45, 2.75) is 89.5 Å². The van der Waals surface area contributed by atoms with Crippen molar-refractivity contribution in [3.63, 3.8) is 0 Å². The molecule has 4 rings (SSSR count). The van der Waals surface area contributed by atoms with E-state index in [0.717, 1.165) is 57.1 Å². The molecule has 9 heteroatoms. The van der Waals surface area contributed by atoms with Crippen LogP contribution in [0.3, 0.4) is 0 Å². The summed E-state index contributed by atoms with van der Waals surface area (Å²) < 4.78 is 2.12. The van der Waals surface area contributed by atoms with Gasteiger partial charge in [0.1, 0.15) is 0 Å². The Labute approximate surface area is 299 Å². The summed E-state index contributed by atoms with van der Waals surface area (Å²) in [5.41, 5.74) is 15.7. The van der Waals surface area contributed by atoms with Crippen LogP contribution < -0.4 is 32.0 Å². The van der Waals surface area contributed by atoms with Gasteiger partial charge in [-0.15, -0.1) is 0 Å². The fraction of sp³-hybridized carbons (Fsp3) is 0.488. The Kier molecular flexibility index (Phi) is 16.6. The van der Waals surface area contributed by atoms with Crippen molar-refractivity contribution in [3.8, 4) is 0 Å². The molecule has 3 atom stereocenters. The SMILES string of the molecule is CC(C)C[C@H](CN[C@H](CCCCN)C(=O)N1CCC(NC(=O)/C=C/c2cc[n+](Cc3ccccc3)cc2)CC1)NC[C@H](N)Cc1ccccc1. The Hall–Kier alpha value is -3.89. The van der Waals surface area contributed by atoms with Crippen LogP contribution in [-0.2, 0) is 22.6 Å². The third-order valence-corrected chi connectivity index (χ3v) is 9.33. The lowest BCUT2D eigenvalue weighted by Gasteiger charge is -2.35. The minimum Gasteiger partial charge on any atom is -0.350 e. The standard InChI is InChI=1S/C41H59N7O2/c1-32(2)27-38(44-29-36(43)28-34-11-5-3-6-12-34)30-45-39(15-9-10-22-42)41(50)48-25-20-37(21-26-48)46-40(49)17-16-33-18-23-47(24-19-33)31-35-13-7-4-8-14-35/h3-8,11-14,16-19,23-24,32,36-39,44-45H,9-10,15,20-22,25-31,42-43H2,1-2H3/p+1/b17-16+/t36-,38-,39-/m1/s1. The first-order valence-electron chi connectivity index (χ1n) is 18.6. The second kappa shape index (κ2) is 21.4. The summed E-state index contributed by atoms with van der Waals surface area (Å²) in [6.07, 6.45) is 13.3. The Morgan fingerprint density at radius 3 is 2.20 bits per heavy atom. The summed E-state index contributed by atoms with van der Waals surface area (Å²) in [4.78, 5) is 28.5. The second-order valence-corrected chi connectivity index (χ2v) is 14.2. The van der Waals surface area contributed by atoms with E-state index in [-0.39, 0.29) is 36.0 Å². The summed E-state index contributed by atoms with van der Waals surface area (Å²) in [7, 11) is 0. The number of hydrogen-bond acceptors (Lipinski definition) is 6. The molecular formula is C41H60N7O2+. The van der Waals surface area contributed by atoms with Gasteiger partial charge in [0.05, 0.1) is 6.04 Å². The number of unbranched alkanes of at least 4 members (excludes halogenated alkanes) is 1. The Balaban J connectivity index is 1.23. The third kappa shape index (κ3) is 14.2. The highest BCUT2D eigenvalue weighted by Crippen LogP contribution is 2.15. The number of aromatic nitrogens is 1. The lowest BCUT2D eigenvalue weighted by atomic mass is 10.00. The molecule has 9 nitrogen and oxygen atoms in total. The molecule has 1 aliphatic rings. The van der Waals surface area contributed by atoms with E-state index in [1.165, 1.54) is 11.1 Å². The van der Waals surface area contributed by atoms with Crippen LogP contribution in [0, 0.1) is 5.92 Å². The number of pyridine rings is 1. The highest BCUT2D eigenvalue weighted by Gasteiger charge is 2.29. The second-order valence-electron chi connectivity index (χ2n) is 14.2. The summed E-state index contributed by atoms with van der Waals surface area (Å²) in [6, 6.07) is 24.7. The number of carbonyl (C=O) groups is 2. The number of likely N-dealkylation sites (tertiary alicyclic amines) is 1. The van der Waals surface area contributed by atoms with Crippen LogP contribution in [0.4, 0.5) is 0 Å². The van der Waals surface area contributed by atoms with E-state index in [0.29, 0.717) is 38.6 Å². The Bertz CT molecular complexity index is 1420. The van der Waals surface area contributed by atoms with E-state index in [1.807, 2.05) is 71.9 Å². The van der Waals surface area contributed by atoms with E-state index >= 15 is 0 Å². The first-order valence-corrected chi connectivity index (χ1v) is 18.6. The van der Waals surface area contributed by atoms with Crippen LogP contribution in [0.25, 0.3) is 6.08 Å². The average molecular weight is 683 g/mol. The van der Waals surface area contributed by atoms with Crippen molar-refractivity contribution in [2.75, 3.05) is 32.7 Å². The van der Waals surface area contributed by atoms with Crippen molar-refractivity contribution in [1.29, 1.82) is 0 Å². The van der Waals surface area contributed by atoms with Gasteiger partial charge in [0.25, 0.3) is 0 Å². The Morgan fingerprint density at radius 2 is 1.56 bits per heavy atom. The maximum absolute atomic E-state index is 13.8. The number of rotatable bonds is 20. The number of hydrogen-bond donors (Lipinski definition) is 5. The molecule has 1 fully saturated rings. The van der Waals surface area contributed by atoms with Crippen molar-refractivity contribution in [3.05, 3.63) is 108 Å². The lowest BCUT2D eigenvalue weighted by molar-refractivity contribution is -0.688. The number of nitrogens with zero attached hydrogens (tertiary/aromatic N) is 2. The topological polar surface area (TPSA) is 129 Å². The number of nitrogens with one attached hydrogen (secondary N) is 3. The summed E-state index contributed by atoms with van der Waals surface area (Å²) in [6.45, 7) is 8.55. The molecule has 1 aliphatic heterocycles. The molecule has 0 saturated carbocycles. The van der Waals surface area contributed by atoms with Crippen LogP contribution in [0.1, 0.15) is 69.1 Å². The highest BCUT2D eigenvalue weighted by molar-refractivity contribution is 5.91. The maximum atomic E-state index is 13.8. The van der Waals surface area contributed by atoms with Crippen LogP contribution in [0.2, 0.25) is 0 Å². The molecular weight excluding hydrogens is 622 g/mol. The molecule has 0 spiro atoms. The summed E-state index contributed by atoms with van der Waals surface area (Å²) in [5, 5.41) is 10.5. The number of carbonyl (C=O) groups excluding carboxylic acids is 2. The van der Waals surface area contributed by atoms with Crippen molar-refractivity contribution >= 4 is 17.9 Å². The quantitative estimate of drug-likeness (QED) is 0.0701. The molecule has 1 saturated heterocycles. The molecule has 50 heavy (non-hydrogen) atoms. The lowest BCUT2D eigenvalue weighted by Crippen LogP contribution is -2.54. The van der Waals surface area contributed by atoms with Gasteiger partial charge in [-0.25, -0.2) is 4.57 Å². The van der Waals surface area contributed by atoms with Gasteiger partial charge in [0, 0.05) is 68.1 Å². The molecule has 7 N–H and O–H groups in total. The zero-order valence-corrected chi connectivity index (χ0v) is 30.2. The first-order chi connectivity index (χ1) is 24.3. The third-order valence-electron chi connectivity index (χ3n) is 9.33. The van der Waals surface area contributed by atoms with Crippen LogP contribution in [0.5, 0.6) is 0 Å². The first kappa shape index (κ1) is 38.9. The minimum atomic E-state index is -0.262. The predicted molar refractivity (Wildman–Crippen MR) is 203 cm³/mol. The maximum Gasteiger partial charge on any atom is 0.244 e. The predicted octanol–water partition coefficient (Wildman–Crippen LogP) is 3.80. The average Bonchev–Trinajstić information content (AvgIpc) is 3.12. The fourth-order valence-corrected chi connectivity index (χ4v) is 6.57. The zero-order chi connectivity index (χ0) is 35.6. The van der Waals surface area contributed by atoms with Gasteiger partial charge in [-0.05, 0) is 68.2 Å². The molecule has 2 heterocycles. The molecule has 270 valence electrons. The van der Waals surface area contributed by atoms with Gasteiger partial charge in [-0.2, -0.15) is 0 Å². The van der Waals surface area contributed by atoms with Crippen molar-refractivity contribution in [1.82, 2.24) is 20.9 Å². The van der Waals surface area contributed by atoms with Gasteiger partial charge in [0.2, 0.25) is 11.8 Å². The van der Waals surface area contributed by atoms with Gasteiger partial charge in [0.15, 0.2) is 18.9 Å². The molecule has 2 aromatic carbocycles. The number of nitrogens with two attached hydrogens (primary N) is 2. The number of amides is 2. The monoisotopic (exact) mass is 682 g/mol. The van der Waals surface area contributed by atoms with Gasteiger partial charge in [-0.1, -0.05) is 80.9 Å². The summed E-state index contributed by atoms with van der Waals surface area (Å²) >= 11 is 0. The molecule has 0 unspecified atom stereocenters. The van der Waals surface area contributed by atoms with Crippen molar-refractivity contribution in [2.24, 2.45) is 17.4 Å².